The zero-order valence-corrected chi connectivity index (χ0v) is 19.8. The number of aromatic amines is 1. The summed E-state index contributed by atoms with van der Waals surface area (Å²) in [6.07, 6.45) is 13.3. The van der Waals surface area contributed by atoms with E-state index in [4.69, 9.17) is 0 Å². The molecule has 1 amide bonds. The highest BCUT2D eigenvalue weighted by Gasteiger charge is 2.26. The number of nitrogens with one attached hydrogen (secondary N) is 1. The average Bonchev–Trinajstić information content (AvgIpc) is 3.27. The Balaban J connectivity index is 1.28. The Kier molecular flexibility index (Phi) is 7.68. The maximum atomic E-state index is 13.0. The number of para-hydroxylation sites is 1. The lowest BCUT2D eigenvalue weighted by molar-refractivity contribution is 0.0713. The van der Waals surface area contributed by atoms with E-state index < -0.39 is 0 Å². The first-order valence-corrected chi connectivity index (χ1v) is 12.6. The summed E-state index contributed by atoms with van der Waals surface area (Å²) < 4.78 is 0. The van der Waals surface area contributed by atoms with Gasteiger partial charge in [0.1, 0.15) is 0 Å². The minimum absolute atomic E-state index is 0.185. The highest BCUT2D eigenvalue weighted by atomic mass is 16.2. The normalized spacial score (nSPS) is 14.9. The first kappa shape index (κ1) is 22.6. The molecule has 4 rings (SSSR count). The summed E-state index contributed by atoms with van der Waals surface area (Å²) in [7, 11) is 0. The molecule has 0 saturated carbocycles. The van der Waals surface area contributed by atoms with Crippen LogP contribution in [0.15, 0.2) is 48.7 Å². The molecule has 1 aliphatic heterocycles. The van der Waals surface area contributed by atoms with Gasteiger partial charge in [0.25, 0.3) is 5.91 Å². The Hall–Kier alpha value is -2.55. The molecule has 0 radical (unpaired) electrons. The Morgan fingerprint density at radius 2 is 1.69 bits per heavy atom. The Morgan fingerprint density at radius 3 is 2.44 bits per heavy atom. The highest BCUT2D eigenvalue weighted by Crippen LogP contribution is 2.34. The van der Waals surface area contributed by atoms with E-state index in [2.05, 4.69) is 55.4 Å². The number of fused-ring (bicyclic) bond motifs is 1. The van der Waals surface area contributed by atoms with Crippen LogP contribution >= 0.6 is 0 Å². The number of benzene rings is 2. The largest absolute Gasteiger partial charge is 0.361 e. The second-order valence-electron chi connectivity index (χ2n) is 9.52. The van der Waals surface area contributed by atoms with Gasteiger partial charge in [0.15, 0.2) is 0 Å². The molecule has 32 heavy (non-hydrogen) atoms. The Labute approximate surface area is 193 Å². The van der Waals surface area contributed by atoms with Crippen LogP contribution in [0.25, 0.3) is 10.9 Å². The second kappa shape index (κ2) is 10.8. The molecule has 3 heteroatoms. The van der Waals surface area contributed by atoms with Crippen molar-refractivity contribution < 1.29 is 4.79 Å². The van der Waals surface area contributed by atoms with E-state index in [1.165, 1.54) is 66.1 Å². The molecular weight excluding hydrogens is 392 g/mol. The maximum absolute atomic E-state index is 13.0. The van der Waals surface area contributed by atoms with Crippen LogP contribution in [-0.4, -0.2) is 28.9 Å². The second-order valence-corrected chi connectivity index (χ2v) is 9.52. The number of nitrogens with zero attached hydrogens (tertiary/aromatic N) is 1. The number of piperidine rings is 1. The van der Waals surface area contributed by atoms with Gasteiger partial charge in [0.05, 0.1) is 0 Å². The van der Waals surface area contributed by atoms with Crippen molar-refractivity contribution in [1.29, 1.82) is 0 Å². The molecule has 1 aromatic heterocycles. The van der Waals surface area contributed by atoms with Gasteiger partial charge < -0.3 is 9.88 Å². The third kappa shape index (κ3) is 5.26. The summed E-state index contributed by atoms with van der Waals surface area (Å²) >= 11 is 0. The number of aromatic nitrogens is 1. The number of hydrogen-bond donors (Lipinski definition) is 1. The lowest BCUT2D eigenvalue weighted by Gasteiger charge is -2.32. The van der Waals surface area contributed by atoms with E-state index in [9.17, 15) is 4.79 Å². The summed E-state index contributed by atoms with van der Waals surface area (Å²) in [4.78, 5) is 18.5. The van der Waals surface area contributed by atoms with Crippen LogP contribution in [0.1, 0.15) is 91.3 Å². The monoisotopic (exact) mass is 430 g/mol. The Morgan fingerprint density at radius 1 is 0.969 bits per heavy atom. The summed E-state index contributed by atoms with van der Waals surface area (Å²) in [6.45, 7) is 6.08. The molecule has 0 aliphatic carbocycles. The topological polar surface area (TPSA) is 36.1 Å². The molecule has 0 unspecified atom stereocenters. The van der Waals surface area contributed by atoms with Gasteiger partial charge in [-0.1, -0.05) is 69.4 Å². The van der Waals surface area contributed by atoms with Crippen molar-refractivity contribution in [2.75, 3.05) is 13.1 Å². The molecule has 1 N–H and O–H groups in total. The molecule has 1 saturated heterocycles. The number of rotatable bonds is 9. The zero-order valence-electron chi connectivity index (χ0n) is 19.8. The number of hydrogen-bond acceptors (Lipinski definition) is 1. The number of H-pyrrole nitrogens is 1. The molecule has 170 valence electrons. The highest BCUT2D eigenvalue weighted by molar-refractivity contribution is 5.94. The molecular formula is C29H38N2O. The molecule has 1 aliphatic rings. The number of carbonyl (C=O) groups excluding carboxylic acids is 1. The average molecular weight is 431 g/mol. The quantitative estimate of drug-likeness (QED) is 0.353. The fraction of sp³-hybridized carbons (Fsp3) is 0.483. The van der Waals surface area contributed by atoms with Crippen molar-refractivity contribution in [1.82, 2.24) is 9.88 Å². The standard InChI is InChI=1S/C29H38N2O/c1-3-4-5-6-7-8-11-23-13-15-25(16-14-23)29(32)31-19-17-24(18-20-31)27-21-30-28-22(2)10-9-12-26(27)28/h9-10,12-16,21,24,30H,3-8,11,17-20H2,1-2H3. The van der Waals surface area contributed by atoms with E-state index >= 15 is 0 Å². The van der Waals surface area contributed by atoms with Crippen molar-refractivity contribution in [2.24, 2.45) is 0 Å². The van der Waals surface area contributed by atoms with Gasteiger partial charge in [0, 0.05) is 35.8 Å². The van der Waals surface area contributed by atoms with E-state index in [0.29, 0.717) is 5.92 Å². The van der Waals surface area contributed by atoms with Gasteiger partial charge in [-0.25, -0.2) is 0 Å². The van der Waals surface area contributed by atoms with Crippen molar-refractivity contribution in [3.8, 4) is 0 Å². The van der Waals surface area contributed by atoms with Crippen molar-refractivity contribution >= 4 is 16.8 Å². The van der Waals surface area contributed by atoms with Crippen molar-refractivity contribution in [3.05, 3.63) is 70.9 Å². The van der Waals surface area contributed by atoms with Gasteiger partial charge in [-0.3, -0.25) is 4.79 Å². The van der Waals surface area contributed by atoms with Crippen LogP contribution in [0.3, 0.4) is 0 Å². The fourth-order valence-corrected chi connectivity index (χ4v) is 5.16. The first-order chi connectivity index (χ1) is 15.7. The van der Waals surface area contributed by atoms with Crippen molar-refractivity contribution in [3.63, 3.8) is 0 Å². The van der Waals surface area contributed by atoms with Gasteiger partial charge in [-0.15, -0.1) is 0 Å². The van der Waals surface area contributed by atoms with Gasteiger partial charge in [-0.05, 0) is 67.3 Å². The molecule has 0 atom stereocenters. The number of amides is 1. The number of carbonyl (C=O) groups is 1. The summed E-state index contributed by atoms with van der Waals surface area (Å²) in [6, 6.07) is 14.9. The molecule has 0 spiro atoms. The lowest BCUT2D eigenvalue weighted by Crippen LogP contribution is -2.37. The lowest BCUT2D eigenvalue weighted by atomic mass is 9.88. The minimum atomic E-state index is 0.185. The maximum Gasteiger partial charge on any atom is 0.253 e. The van der Waals surface area contributed by atoms with E-state index in [-0.39, 0.29) is 5.91 Å². The first-order valence-electron chi connectivity index (χ1n) is 12.6. The van der Waals surface area contributed by atoms with E-state index in [0.717, 1.165) is 37.9 Å². The molecule has 2 heterocycles. The molecule has 2 aromatic carbocycles. The fourth-order valence-electron chi connectivity index (χ4n) is 5.16. The smallest absolute Gasteiger partial charge is 0.253 e. The summed E-state index contributed by atoms with van der Waals surface area (Å²) in [5.74, 6) is 0.707. The van der Waals surface area contributed by atoms with Crippen LogP contribution in [0.4, 0.5) is 0 Å². The SMILES string of the molecule is CCCCCCCCc1ccc(C(=O)N2CCC(c3c[nH]c4c(C)cccc34)CC2)cc1. The number of aryl methyl sites for hydroxylation is 2. The van der Waals surface area contributed by atoms with Crippen LogP contribution in [-0.2, 0) is 6.42 Å². The van der Waals surface area contributed by atoms with Crippen molar-refractivity contribution in [2.45, 2.75) is 77.6 Å². The van der Waals surface area contributed by atoms with Gasteiger partial charge in [-0.2, -0.15) is 0 Å². The molecule has 0 bridgehead atoms. The van der Waals surface area contributed by atoms with Crippen LogP contribution in [0.5, 0.6) is 0 Å². The van der Waals surface area contributed by atoms with Crippen LogP contribution in [0, 0.1) is 6.92 Å². The minimum Gasteiger partial charge on any atom is -0.361 e. The van der Waals surface area contributed by atoms with Crippen LogP contribution < -0.4 is 0 Å². The van der Waals surface area contributed by atoms with Gasteiger partial charge >= 0.3 is 0 Å². The predicted octanol–water partition coefficient (Wildman–Crippen LogP) is 7.40. The van der Waals surface area contributed by atoms with Crippen LogP contribution in [0.2, 0.25) is 0 Å². The zero-order chi connectivity index (χ0) is 22.3. The molecule has 3 aromatic rings. The third-order valence-corrected chi connectivity index (χ3v) is 7.20. The number of unbranched alkanes of at least 4 members (excludes halogenated alkanes) is 5. The van der Waals surface area contributed by atoms with E-state index in [1.54, 1.807) is 0 Å². The Bertz CT molecular complexity index is 1010. The van der Waals surface area contributed by atoms with E-state index in [1.807, 2.05) is 17.0 Å². The molecule has 1 fully saturated rings. The predicted molar refractivity (Wildman–Crippen MR) is 134 cm³/mol. The number of likely N-dealkylation sites (tertiary alicyclic amines) is 1. The molecule has 3 nitrogen and oxygen atoms in total. The van der Waals surface area contributed by atoms with Gasteiger partial charge in [0.2, 0.25) is 0 Å². The summed E-state index contributed by atoms with van der Waals surface area (Å²) in [5, 5.41) is 1.34. The summed E-state index contributed by atoms with van der Waals surface area (Å²) in [5.41, 5.74) is 6.14. The third-order valence-electron chi connectivity index (χ3n) is 7.20.